The van der Waals surface area contributed by atoms with E-state index in [2.05, 4.69) is 32.2 Å². The minimum absolute atomic E-state index is 0.276. The lowest BCUT2D eigenvalue weighted by molar-refractivity contribution is 0.378. The highest BCUT2D eigenvalue weighted by Gasteiger charge is 2.11. The number of halogens is 1. The lowest BCUT2D eigenvalue weighted by Crippen LogP contribution is -1.90. The van der Waals surface area contributed by atoms with E-state index in [4.69, 9.17) is 4.52 Å². The third-order valence-corrected chi connectivity index (χ3v) is 5.39. The van der Waals surface area contributed by atoms with Crippen molar-refractivity contribution in [2.45, 2.75) is 31.8 Å². The van der Waals surface area contributed by atoms with Gasteiger partial charge in [-0.2, -0.15) is 4.98 Å². The van der Waals surface area contributed by atoms with E-state index in [0.29, 0.717) is 34.4 Å². The van der Waals surface area contributed by atoms with Crippen LogP contribution < -0.4 is 0 Å². The molecule has 0 spiro atoms. The third kappa shape index (κ3) is 4.71. The molecular formula is C21H20FN5OS. The topological polar surface area (TPSA) is 80.5 Å². The van der Waals surface area contributed by atoms with Crippen LogP contribution in [0.1, 0.15) is 23.4 Å². The lowest BCUT2D eigenvalue weighted by Gasteiger charge is -1.97. The Morgan fingerprint density at radius 2 is 1.83 bits per heavy atom. The van der Waals surface area contributed by atoms with Crippen LogP contribution in [0.5, 0.6) is 0 Å². The maximum absolute atomic E-state index is 13.7. The number of aryl methyl sites for hydroxylation is 3. The van der Waals surface area contributed by atoms with Crippen LogP contribution in [0.15, 0.2) is 52.1 Å². The number of rotatable bonds is 7. The van der Waals surface area contributed by atoms with Gasteiger partial charge in [0.2, 0.25) is 16.9 Å². The summed E-state index contributed by atoms with van der Waals surface area (Å²) >= 11 is 1.57. The van der Waals surface area contributed by atoms with E-state index in [1.54, 1.807) is 30.8 Å². The Hall–Kier alpha value is -3.00. The van der Waals surface area contributed by atoms with E-state index in [-0.39, 0.29) is 5.82 Å². The second-order valence-electron chi connectivity index (χ2n) is 6.76. The van der Waals surface area contributed by atoms with Crippen LogP contribution in [0.25, 0.3) is 22.8 Å². The predicted molar refractivity (Wildman–Crippen MR) is 110 cm³/mol. The zero-order valence-corrected chi connectivity index (χ0v) is 17.0. The number of hydrogen-bond donors (Lipinski definition) is 1. The minimum atomic E-state index is -0.276. The van der Waals surface area contributed by atoms with Crippen LogP contribution in [0.4, 0.5) is 4.39 Å². The summed E-state index contributed by atoms with van der Waals surface area (Å²) < 4.78 is 19.0. The number of nitrogens with one attached hydrogen (secondary N) is 1. The molecule has 0 fully saturated rings. The largest absolute Gasteiger partial charge is 0.339 e. The highest BCUT2D eigenvalue weighted by atomic mass is 32.2. The molecule has 0 amide bonds. The average molecular weight is 409 g/mol. The number of nitrogens with zero attached hydrogens (tertiary/aromatic N) is 4. The van der Waals surface area contributed by atoms with Gasteiger partial charge >= 0.3 is 0 Å². The maximum Gasteiger partial charge on any atom is 0.226 e. The van der Waals surface area contributed by atoms with Gasteiger partial charge in [0.15, 0.2) is 5.82 Å². The maximum atomic E-state index is 13.7. The molecule has 0 aliphatic carbocycles. The van der Waals surface area contributed by atoms with E-state index >= 15 is 0 Å². The first-order valence-electron chi connectivity index (χ1n) is 9.30. The second-order valence-corrected chi connectivity index (χ2v) is 7.82. The monoisotopic (exact) mass is 409 g/mol. The normalized spacial score (nSPS) is 11.1. The molecule has 4 aromatic rings. The van der Waals surface area contributed by atoms with Crippen molar-refractivity contribution in [3.8, 4) is 22.8 Å². The van der Waals surface area contributed by atoms with Gasteiger partial charge in [0.1, 0.15) is 5.82 Å². The molecule has 0 bridgehead atoms. The van der Waals surface area contributed by atoms with Crippen LogP contribution in [0.2, 0.25) is 0 Å². The summed E-state index contributed by atoms with van der Waals surface area (Å²) in [5.41, 5.74) is 3.43. The quantitative estimate of drug-likeness (QED) is 0.342. The van der Waals surface area contributed by atoms with E-state index in [0.717, 1.165) is 23.6 Å². The molecule has 0 radical (unpaired) electrons. The fraction of sp³-hybridized carbons (Fsp3) is 0.238. The molecule has 0 atom stereocenters. The number of hydrogen-bond acceptors (Lipinski definition) is 6. The molecule has 2 heterocycles. The Kier molecular flexibility index (Phi) is 5.71. The van der Waals surface area contributed by atoms with Crippen LogP contribution in [0, 0.1) is 19.7 Å². The Morgan fingerprint density at radius 3 is 2.62 bits per heavy atom. The van der Waals surface area contributed by atoms with Crippen LogP contribution in [-0.2, 0) is 6.42 Å². The molecule has 0 saturated carbocycles. The SMILES string of the molecule is Cc1ccc(-c2nc(SCCCc3nc(-c4ccc(C)c(F)c4)no3)n[nH]2)cc1. The van der Waals surface area contributed by atoms with Crippen molar-refractivity contribution in [3.05, 3.63) is 65.3 Å². The molecule has 0 aliphatic rings. The van der Waals surface area contributed by atoms with Gasteiger partial charge in [-0.3, -0.25) is 5.10 Å². The van der Waals surface area contributed by atoms with Crippen LogP contribution in [0.3, 0.4) is 0 Å². The Bertz CT molecular complexity index is 1110. The van der Waals surface area contributed by atoms with Crippen molar-refractivity contribution >= 4 is 11.8 Å². The summed E-state index contributed by atoms with van der Waals surface area (Å²) in [5, 5.41) is 11.9. The van der Waals surface area contributed by atoms with Gasteiger partial charge in [0, 0.05) is 23.3 Å². The van der Waals surface area contributed by atoms with E-state index in [9.17, 15) is 4.39 Å². The predicted octanol–water partition coefficient (Wildman–Crippen LogP) is 5.00. The molecule has 2 aromatic heterocycles. The van der Waals surface area contributed by atoms with Crippen LogP contribution >= 0.6 is 11.8 Å². The van der Waals surface area contributed by atoms with Gasteiger partial charge in [0.05, 0.1) is 0 Å². The molecular weight excluding hydrogens is 389 g/mol. The number of aromatic nitrogens is 5. The molecule has 0 saturated heterocycles. The summed E-state index contributed by atoms with van der Waals surface area (Å²) in [7, 11) is 0. The molecule has 2 aromatic carbocycles. The van der Waals surface area contributed by atoms with E-state index in [1.165, 1.54) is 11.6 Å². The fourth-order valence-corrected chi connectivity index (χ4v) is 3.48. The standard InChI is InChI=1S/C21H20FN5OS/c1-13-5-8-15(9-6-13)19-24-21(26-25-19)29-11-3-4-18-23-20(27-28-18)16-10-7-14(2)17(22)12-16/h5-10,12H,3-4,11H2,1-2H3,(H,24,25,26). The number of benzene rings is 2. The smallest absolute Gasteiger partial charge is 0.226 e. The highest BCUT2D eigenvalue weighted by molar-refractivity contribution is 7.99. The number of H-pyrrole nitrogens is 1. The highest BCUT2D eigenvalue weighted by Crippen LogP contribution is 2.22. The summed E-state index contributed by atoms with van der Waals surface area (Å²) in [6, 6.07) is 13.1. The van der Waals surface area contributed by atoms with Gasteiger partial charge in [-0.15, -0.1) is 5.10 Å². The second kappa shape index (κ2) is 8.57. The fourth-order valence-electron chi connectivity index (χ4n) is 2.74. The Labute approximate surface area is 172 Å². The minimum Gasteiger partial charge on any atom is -0.339 e. The first kappa shape index (κ1) is 19.3. The van der Waals surface area contributed by atoms with E-state index in [1.807, 2.05) is 24.3 Å². The molecule has 29 heavy (non-hydrogen) atoms. The van der Waals surface area contributed by atoms with Crippen molar-refractivity contribution in [1.82, 2.24) is 25.3 Å². The molecule has 148 valence electrons. The molecule has 8 heteroatoms. The first-order valence-corrected chi connectivity index (χ1v) is 10.3. The number of thioether (sulfide) groups is 1. The first-order chi connectivity index (χ1) is 14.1. The van der Waals surface area contributed by atoms with Crippen molar-refractivity contribution < 1.29 is 8.91 Å². The van der Waals surface area contributed by atoms with Crippen molar-refractivity contribution in [2.24, 2.45) is 0 Å². The summed E-state index contributed by atoms with van der Waals surface area (Å²) in [4.78, 5) is 8.88. The Balaban J connectivity index is 1.28. The summed E-state index contributed by atoms with van der Waals surface area (Å²) in [5.74, 6) is 2.25. The molecule has 0 unspecified atom stereocenters. The van der Waals surface area contributed by atoms with E-state index < -0.39 is 0 Å². The average Bonchev–Trinajstić information content (AvgIpc) is 3.38. The zero-order valence-electron chi connectivity index (χ0n) is 16.1. The van der Waals surface area contributed by atoms with Gasteiger partial charge in [-0.25, -0.2) is 9.37 Å². The molecule has 4 rings (SSSR count). The molecule has 1 N–H and O–H groups in total. The van der Waals surface area contributed by atoms with Crippen molar-refractivity contribution in [1.29, 1.82) is 0 Å². The van der Waals surface area contributed by atoms with Gasteiger partial charge in [-0.1, -0.05) is 58.9 Å². The van der Waals surface area contributed by atoms with Crippen molar-refractivity contribution in [2.75, 3.05) is 5.75 Å². The third-order valence-electron chi connectivity index (χ3n) is 4.45. The summed E-state index contributed by atoms with van der Waals surface area (Å²) in [6.45, 7) is 3.77. The zero-order chi connectivity index (χ0) is 20.2. The van der Waals surface area contributed by atoms with Gasteiger partial charge in [0.25, 0.3) is 0 Å². The van der Waals surface area contributed by atoms with Gasteiger partial charge in [-0.05, 0) is 31.9 Å². The summed E-state index contributed by atoms with van der Waals surface area (Å²) in [6.07, 6.45) is 1.48. The van der Waals surface area contributed by atoms with Crippen molar-refractivity contribution in [3.63, 3.8) is 0 Å². The molecule has 0 aliphatic heterocycles. The number of aromatic amines is 1. The lowest BCUT2D eigenvalue weighted by atomic mass is 10.1. The van der Waals surface area contributed by atoms with Crippen LogP contribution in [-0.4, -0.2) is 31.1 Å². The van der Waals surface area contributed by atoms with Gasteiger partial charge < -0.3 is 4.52 Å². The Morgan fingerprint density at radius 1 is 1.03 bits per heavy atom. The molecule has 6 nitrogen and oxygen atoms in total.